The molecule has 0 aliphatic heterocycles. The van der Waals surface area contributed by atoms with Gasteiger partial charge in [0.15, 0.2) is 0 Å². The van der Waals surface area contributed by atoms with Gasteiger partial charge in [0, 0.05) is 7.05 Å². The molecular weight excluding hydrogens is 245 g/mol. The van der Waals surface area contributed by atoms with Gasteiger partial charge in [0.25, 0.3) is 0 Å². The molecule has 1 rings (SSSR count). The first kappa shape index (κ1) is 16.2. The van der Waals surface area contributed by atoms with E-state index in [1.165, 1.54) is 19.2 Å². The fraction of sp³-hybridized carbons (Fsp3) is 0.222. The van der Waals surface area contributed by atoms with Crippen molar-refractivity contribution in [1.82, 2.24) is 5.32 Å². The van der Waals surface area contributed by atoms with Crippen molar-refractivity contribution in [3.63, 3.8) is 0 Å². The Morgan fingerprint density at radius 3 is 2.12 bits per heavy atom. The van der Waals surface area contributed by atoms with Crippen molar-refractivity contribution in [3.05, 3.63) is 29.8 Å². The molecule has 1 N–H and O–H groups in total. The number of hydrogen-bond acceptors (Lipinski definition) is 1. The first-order chi connectivity index (χ1) is 6.93. The predicted molar refractivity (Wildman–Crippen MR) is 52.9 cm³/mol. The van der Waals surface area contributed by atoms with Crippen molar-refractivity contribution in [1.29, 1.82) is 0 Å². The van der Waals surface area contributed by atoms with Crippen LogP contribution in [-0.2, 0) is 11.2 Å². The van der Waals surface area contributed by atoms with E-state index in [2.05, 4.69) is 5.32 Å². The van der Waals surface area contributed by atoms with Crippen LogP contribution in [0.3, 0.4) is 0 Å². The van der Waals surface area contributed by atoms with Crippen LogP contribution in [0.1, 0.15) is 5.56 Å². The van der Waals surface area contributed by atoms with Crippen molar-refractivity contribution in [2.24, 2.45) is 0 Å². The fourth-order valence-electron chi connectivity index (χ4n) is 1.13. The smallest absolute Gasteiger partial charge is 0.445 e. The second kappa shape index (κ2) is 6.81. The summed E-state index contributed by atoms with van der Waals surface area (Å²) in [5.41, 5.74) is -0.0752. The Labute approximate surface area is 134 Å². The number of amides is 1. The van der Waals surface area contributed by atoms with Crippen molar-refractivity contribution in [3.8, 4) is 0 Å². The molecule has 1 amide bonds. The Balaban J connectivity index is 0.00000225. The third kappa shape index (κ3) is 5.01. The first-order valence-corrected chi connectivity index (χ1v) is 4.43. The van der Waals surface area contributed by atoms with E-state index < -0.39 is 12.4 Å². The molecular formula is C9H10BF3KNO. The van der Waals surface area contributed by atoms with E-state index in [-0.39, 0.29) is 63.7 Å². The quantitative estimate of drug-likeness (QED) is 0.624. The minimum atomic E-state index is -4.95. The Morgan fingerprint density at radius 1 is 1.25 bits per heavy atom. The molecule has 7 heteroatoms. The van der Waals surface area contributed by atoms with Crippen molar-refractivity contribution in [2.45, 2.75) is 6.42 Å². The number of nitrogens with one attached hydrogen (secondary N) is 1. The first-order valence-electron chi connectivity index (χ1n) is 4.43. The van der Waals surface area contributed by atoms with E-state index in [9.17, 15) is 17.7 Å². The summed E-state index contributed by atoms with van der Waals surface area (Å²) in [7, 11) is 1.48. The van der Waals surface area contributed by atoms with Crippen LogP contribution < -0.4 is 62.2 Å². The average molecular weight is 255 g/mol. The average Bonchev–Trinajstić information content (AvgIpc) is 2.17. The van der Waals surface area contributed by atoms with E-state index in [0.29, 0.717) is 5.56 Å². The standard InChI is InChI=1S/C9H10BF3NO.K/c1-14-9(15)6-7-2-4-8(5-3-7)10(11,12)13;/h2-5H,6H2,1H3,(H,14,15);/q-1;+1. The van der Waals surface area contributed by atoms with Gasteiger partial charge in [-0.05, 0) is 5.56 Å². The van der Waals surface area contributed by atoms with Gasteiger partial charge in [-0.25, -0.2) is 0 Å². The molecule has 0 unspecified atom stereocenters. The summed E-state index contributed by atoms with van der Waals surface area (Å²) in [5.74, 6) is -0.222. The molecule has 0 aromatic heterocycles. The Morgan fingerprint density at radius 2 is 1.75 bits per heavy atom. The van der Waals surface area contributed by atoms with Crippen molar-refractivity contribution >= 4 is 18.3 Å². The third-order valence-electron chi connectivity index (χ3n) is 2.00. The molecule has 0 radical (unpaired) electrons. The molecule has 2 nitrogen and oxygen atoms in total. The molecule has 82 valence electrons. The maximum Gasteiger partial charge on any atom is 1.00 e. The van der Waals surface area contributed by atoms with E-state index in [1.807, 2.05) is 0 Å². The van der Waals surface area contributed by atoms with Crippen LogP contribution in [0.4, 0.5) is 12.9 Å². The summed E-state index contributed by atoms with van der Waals surface area (Å²) >= 11 is 0. The number of rotatable bonds is 3. The van der Waals surface area contributed by atoms with Crippen molar-refractivity contribution < 1.29 is 69.1 Å². The van der Waals surface area contributed by atoms with Gasteiger partial charge < -0.3 is 18.3 Å². The number of carbonyl (C=O) groups is 1. The van der Waals surface area contributed by atoms with E-state index >= 15 is 0 Å². The van der Waals surface area contributed by atoms with Crippen LogP contribution >= 0.6 is 0 Å². The van der Waals surface area contributed by atoms with E-state index in [4.69, 9.17) is 0 Å². The SMILES string of the molecule is CNC(=O)Cc1ccc([B-](F)(F)F)cc1.[K+]. The number of likely N-dealkylation sites (N-methyl/N-ethyl adjacent to an activating group) is 1. The zero-order valence-corrected chi connectivity index (χ0v) is 12.3. The van der Waals surface area contributed by atoms with Crippen LogP contribution in [-0.4, -0.2) is 19.9 Å². The zero-order chi connectivity index (χ0) is 11.5. The van der Waals surface area contributed by atoms with Gasteiger partial charge in [0.05, 0.1) is 6.42 Å². The minimum Gasteiger partial charge on any atom is -0.445 e. The molecule has 0 fully saturated rings. The zero-order valence-electron chi connectivity index (χ0n) is 9.14. The molecule has 0 spiro atoms. The van der Waals surface area contributed by atoms with Gasteiger partial charge in [0.2, 0.25) is 5.91 Å². The molecule has 0 saturated heterocycles. The number of halogens is 3. The van der Waals surface area contributed by atoms with Gasteiger partial charge in [-0.15, -0.1) is 5.46 Å². The van der Waals surface area contributed by atoms with Crippen LogP contribution in [0.15, 0.2) is 24.3 Å². The van der Waals surface area contributed by atoms with Gasteiger partial charge in [0.1, 0.15) is 0 Å². The molecule has 1 aromatic carbocycles. The second-order valence-corrected chi connectivity index (χ2v) is 3.17. The molecule has 0 aliphatic carbocycles. The van der Waals surface area contributed by atoms with Gasteiger partial charge in [-0.1, -0.05) is 24.3 Å². The van der Waals surface area contributed by atoms with Gasteiger partial charge in [-0.2, -0.15) is 0 Å². The number of hydrogen-bond donors (Lipinski definition) is 1. The summed E-state index contributed by atoms with van der Waals surface area (Å²) in [6.45, 7) is -4.95. The van der Waals surface area contributed by atoms with Crippen LogP contribution in [0.5, 0.6) is 0 Å². The topological polar surface area (TPSA) is 29.1 Å². The van der Waals surface area contributed by atoms with Crippen LogP contribution in [0.25, 0.3) is 0 Å². The molecule has 16 heavy (non-hydrogen) atoms. The molecule has 0 heterocycles. The van der Waals surface area contributed by atoms with Gasteiger partial charge in [-0.3, -0.25) is 4.79 Å². The normalized spacial score (nSPS) is 10.5. The summed E-state index contributed by atoms with van der Waals surface area (Å²) in [6.07, 6.45) is 0.0988. The predicted octanol–water partition coefficient (Wildman–Crippen LogP) is -1.97. The summed E-state index contributed by atoms with van der Waals surface area (Å²) < 4.78 is 36.7. The maximum absolute atomic E-state index is 12.2. The van der Waals surface area contributed by atoms with E-state index in [1.54, 1.807) is 0 Å². The summed E-state index contributed by atoms with van der Waals surface area (Å²) in [5, 5.41) is 2.40. The van der Waals surface area contributed by atoms with Crippen LogP contribution in [0.2, 0.25) is 0 Å². The van der Waals surface area contributed by atoms with Crippen LogP contribution in [0, 0.1) is 0 Å². The van der Waals surface area contributed by atoms with Gasteiger partial charge >= 0.3 is 58.4 Å². The Kier molecular flexibility index (Phi) is 6.88. The third-order valence-corrected chi connectivity index (χ3v) is 2.00. The second-order valence-electron chi connectivity index (χ2n) is 3.17. The maximum atomic E-state index is 12.2. The molecule has 0 atom stereocenters. The molecule has 0 saturated carbocycles. The van der Waals surface area contributed by atoms with Crippen molar-refractivity contribution in [2.75, 3.05) is 7.05 Å². The Hall–Kier alpha value is 0.181. The molecule has 1 aromatic rings. The number of benzene rings is 1. The summed E-state index contributed by atoms with van der Waals surface area (Å²) in [4.78, 5) is 10.9. The molecule has 0 aliphatic rings. The van der Waals surface area contributed by atoms with E-state index in [0.717, 1.165) is 12.1 Å². The fourth-order valence-corrected chi connectivity index (χ4v) is 1.13. The number of carbonyl (C=O) groups excluding carboxylic acids is 1. The summed E-state index contributed by atoms with van der Waals surface area (Å²) in [6, 6.07) is 4.64. The minimum absolute atomic E-state index is 0. The largest absolute Gasteiger partial charge is 1.00 e. The monoisotopic (exact) mass is 255 g/mol. The molecule has 0 bridgehead atoms. The Bertz CT molecular complexity index is 353.